The Balaban J connectivity index is 1.16. The van der Waals surface area contributed by atoms with Gasteiger partial charge in [0.1, 0.15) is 0 Å². The summed E-state index contributed by atoms with van der Waals surface area (Å²) in [6, 6.07) is 68.6. The molecule has 0 saturated heterocycles. The summed E-state index contributed by atoms with van der Waals surface area (Å²) in [5.41, 5.74) is 16.0. The van der Waals surface area contributed by atoms with E-state index in [1.54, 1.807) is 0 Å². The van der Waals surface area contributed by atoms with Gasteiger partial charge in [0.15, 0.2) is 0 Å². The summed E-state index contributed by atoms with van der Waals surface area (Å²) in [6.45, 7) is 4.70. The third-order valence-electron chi connectivity index (χ3n) is 10.5. The van der Waals surface area contributed by atoms with Gasteiger partial charge in [-0.05, 0) is 103 Å². The molecule has 0 fully saturated rings. The Morgan fingerprint density at radius 2 is 0.860 bits per heavy atom. The Labute approximate surface area is 294 Å². The van der Waals surface area contributed by atoms with Crippen LogP contribution in [0.1, 0.15) is 25.0 Å². The Bertz CT molecular complexity index is 2490. The lowest BCUT2D eigenvalue weighted by Crippen LogP contribution is -2.16. The Morgan fingerprint density at radius 1 is 0.360 bits per heavy atom. The van der Waals surface area contributed by atoms with Crippen LogP contribution in [0.3, 0.4) is 0 Å². The third-order valence-corrected chi connectivity index (χ3v) is 10.5. The van der Waals surface area contributed by atoms with Crippen molar-refractivity contribution >= 4 is 27.8 Å². The second-order valence-electron chi connectivity index (χ2n) is 13.8. The predicted octanol–water partition coefficient (Wildman–Crippen LogP) is 13.6. The molecule has 0 spiro atoms. The summed E-state index contributed by atoms with van der Waals surface area (Å²) in [4.78, 5) is 2.44. The second kappa shape index (κ2) is 12.1. The molecule has 0 bridgehead atoms. The Morgan fingerprint density at radius 3 is 1.56 bits per heavy atom. The maximum Gasteiger partial charge on any atom is 0.0543 e. The number of rotatable bonds is 6. The first-order chi connectivity index (χ1) is 24.5. The minimum atomic E-state index is -0.0822. The van der Waals surface area contributed by atoms with E-state index in [0.717, 1.165) is 11.4 Å². The average molecular weight is 640 g/mol. The molecule has 0 saturated carbocycles. The van der Waals surface area contributed by atoms with Gasteiger partial charge in [-0.1, -0.05) is 159 Å². The molecule has 238 valence electrons. The van der Waals surface area contributed by atoms with E-state index in [-0.39, 0.29) is 5.41 Å². The number of fused-ring (bicyclic) bond motifs is 4. The van der Waals surface area contributed by atoms with Crippen molar-refractivity contribution in [2.45, 2.75) is 19.3 Å². The molecule has 1 aliphatic rings. The molecule has 1 heteroatoms. The van der Waals surface area contributed by atoms with Crippen molar-refractivity contribution in [1.29, 1.82) is 0 Å². The van der Waals surface area contributed by atoms with Crippen molar-refractivity contribution < 1.29 is 0 Å². The van der Waals surface area contributed by atoms with Gasteiger partial charge in [-0.2, -0.15) is 0 Å². The Kier molecular flexibility index (Phi) is 7.21. The number of hydrogen-bond acceptors (Lipinski definition) is 1. The highest BCUT2D eigenvalue weighted by molar-refractivity contribution is 5.95. The second-order valence-corrected chi connectivity index (χ2v) is 13.8. The Hall–Kier alpha value is -6.18. The van der Waals surface area contributed by atoms with Crippen LogP contribution in [-0.4, -0.2) is 0 Å². The van der Waals surface area contributed by atoms with Gasteiger partial charge in [0.05, 0.1) is 5.69 Å². The van der Waals surface area contributed by atoms with E-state index in [4.69, 9.17) is 0 Å². The zero-order chi connectivity index (χ0) is 33.7. The SMILES string of the molecule is CC1(C)c2ccccc2-c2c(N(c3ccc(-c4cccc(-c5ccccc5)c4)cc3)c3ccc(-c4ccc5ccccc5c4)cc3)cccc21. The first-order valence-electron chi connectivity index (χ1n) is 17.4. The van der Waals surface area contributed by atoms with Crippen LogP contribution in [0.15, 0.2) is 188 Å². The normalized spacial score (nSPS) is 12.8. The van der Waals surface area contributed by atoms with Crippen LogP contribution in [0, 0.1) is 0 Å². The largest absolute Gasteiger partial charge is 0.310 e. The average Bonchev–Trinajstić information content (AvgIpc) is 3.42. The van der Waals surface area contributed by atoms with Gasteiger partial charge < -0.3 is 4.90 Å². The van der Waals surface area contributed by atoms with Crippen molar-refractivity contribution in [2.24, 2.45) is 0 Å². The van der Waals surface area contributed by atoms with E-state index in [1.807, 2.05) is 0 Å². The minimum absolute atomic E-state index is 0.0822. The summed E-state index contributed by atoms with van der Waals surface area (Å²) in [5, 5.41) is 2.52. The van der Waals surface area contributed by atoms with Gasteiger partial charge >= 0.3 is 0 Å². The zero-order valence-corrected chi connectivity index (χ0v) is 28.3. The highest BCUT2D eigenvalue weighted by Gasteiger charge is 2.37. The minimum Gasteiger partial charge on any atom is -0.310 e. The van der Waals surface area contributed by atoms with Crippen LogP contribution in [0.25, 0.3) is 55.3 Å². The lowest BCUT2D eigenvalue weighted by molar-refractivity contribution is 0.660. The molecule has 9 rings (SSSR count). The van der Waals surface area contributed by atoms with Crippen LogP contribution in [0.2, 0.25) is 0 Å². The van der Waals surface area contributed by atoms with Gasteiger partial charge in [0, 0.05) is 22.4 Å². The van der Waals surface area contributed by atoms with Crippen molar-refractivity contribution in [2.75, 3.05) is 4.90 Å². The van der Waals surface area contributed by atoms with Gasteiger partial charge in [-0.25, -0.2) is 0 Å². The van der Waals surface area contributed by atoms with Crippen LogP contribution in [-0.2, 0) is 5.41 Å². The van der Waals surface area contributed by atoms with E-state index < -0.39 is 0 Å². The van der Waals surface area contributed by atoms with Crippen LogP contribution < -0.4 is 4.90 Å². The maximum atomic E-state index is 2.44. The summed E-state index contributed by atoms with van der Waals surface area (Å²) >= 11 is 0. The molecule has 0 aliphatic heterocycles. The van der Waals surface area contributed by atoms with Crippen LogP contribution in [0.5, 0.6) is 0 Å². The van der Waals surface area contributed by atoms with Crippen molar-refractivity contribution in [1.82, 2.24) is 0 Å². The first-order valence-corrected chi connectivity index (χ1v) is 17.4. The van der Waals surface area contributed by atoms with Gasteiger partial charge in [0.25, 0.3) is 0 Å². The predicted molar refractivity (Wildman–Crippen MR) is 213 cm³/mol. The highest BCUT2D eigenvalue weighted by Crippen LogP contribution is 2.54. The van der Waals surface area contributed by atoms with Crippen molar-refractivity contribution in [3.8, 4) is 44.5 Å². The topological polar surface area (TPSA) is 3.24 Å². The smallest absolute Gasteiger partial charge is 0.0543 e. The van der Waals surface area contributed by atoms with Gasteiger partial charge in [-0.15, -0.1) is 0 Å². The molecule has 0 atom stereocenters. The summed E-state index contributed by atoms with van der Waals surface area (Å²) < 4.78 is 0. The van der Waals surface area contributed by atoms with E-state index in [0.29, 0.717) is 0 Å². The number of benzene rings is 8. The van der Waals surface area contributed by atoms with E-state index in [2.05, 4.69) is 207 Å². The molecule has 0 aromatic heterocycles. The highest BCUT2D eigenvalue weighted by atomic mass is 15.1. The molecule has 8 aromatic carbocycles. The summed E-state index contributed by atoms with van der Waals surface area (Å²) in [7, 11) is 0. The number of anilines is 3. The summed E-state index contributed by atoms with van der Waals surface area (Å²) in [6.07, 6.45) is 0. The van der Waals surface area contributed by atoms with Gasteiger partial charge in [0.2, 0.25) is 0 Å². The molecule has 0 heterocycles. The monoisotopic (exact) mass is 639 g/mol. The standard InChI is InChI=1S/C49H37N/c1-49(2)45-19-9-8-18-44(45)48-46(49)20-11-21-47(48)50(43-30-26-37(27-31-43)41-23-22-35-14-6-7-15-38(35)33-41)42-28-24-36(25-29-42)40-17-10-16-39(32-40)34-12-4-3-5-13-34/h3-33H,1-2H3. The van der Waals surface area contributed by atoms with Crippen molar-refractivity contribution in [3.05, 3.63) is 199 Å². The molecule has 8 aromatic rings. The molecule has 0 radical (unpaired) electrons. The number of hydrogen-bond donors (Lipinski definition) is 0. The van der Waals surface area contributed by atoms with E-state index in [1.165, 1.54) is 72.1 Å². The fourth-order valence-corrected chi connectivity index (χ4v) is 7.83. The van der Waals surface area contributed by atoms with E-state index >= 15 is 0 Å². The molecular formula is C49H37N. The van der Waals surface area contributed by atoms with Crippen molar-refractivity contribution in [3.63, 3.8) is 0 Å². The van der Waals surface area contributed by atoms with Gasteiger partial charge in [-0.3, -0.25) is 0 Å². The third kappa shape index (κ3) is 5.11. The molecular weight excluding hydrogens is 603 g/mol. The zero-order valence-electron chi connectivity index (χ0n) is 28.3. The van der Waals surface area contributed by atoms with Crippen LogP contribution in [0.4, 0.5) is 17.1 Å². The molecule has 1 nitrogen and oxygen atoms in total. The van der Waals surface area contributed by atoms with Crippen LogP contribution >= 0.6 is 0 Å². The quantitative estimate of drug-likeness (QED) is 0.175. The maximum absolute atomic E-state index is 2.44. The van der Waals surface area contributed by atoms with E-state index in [9.17, 15) is 0 Å². The fraction of sp³-hybridized carbons (Fsp3) is 0.0612. The molecule has 0 N–H and O–H groups in total. The molecule has 0 unspecified atom stereocenters. The number of nitrogens with zero attached hydrogens (tertiary/aromatic N) is 1. The first kappa shape index (κ1) is 29.9. The fourth-order valence-electron chi connectivity index (χ4n) is 7.83. The molecule has 50 heavy (non-hydrogen) atoms. The molecule has 1 aliphatic carbocycles. The lowest BCUT2D eigenvalue weighted by atomic mass is 9.82. The summed E-state index contributed by atoms with van der Waals surface area (Å²) in [5.74, 6) is 0. The molecule has 0 amide bonds. The lowest BCUT2D eigenvalue weighted by Gasteiger charge is -2.29.